The van der Waals surface area contributed by atoms with Gasteiger partial charge in [-0.2, -0.15) is 0 Å². The van der Waals surface area contributed by atoms with Crippen molar-refractivity contribution in [3.8, 4) is 5.75 Å². The Hall–Kier alpha value is -1.75. The fourth-order valence-corrected chi connectivity index (χ4v) is 3.65. The Morgan fingerprint density at radius 1 is 1.38 bits per heavy atom. The normalized spacial score (nSPS) is 27.7. The number of carbonyl (C=O) groups is 1. The van der Waals surface area contributed by atoms with E-state index in [1.54, 1.807) is 18.2 Å². The number of carbonyl (C=O) groups excluding carboxylic acids is 1. The molecular formula is C16H22N2O3. The maximum Gasteiger partial charge on any atom is 0.258 e. The number of fused-ring (bicyclic) bond motifs is 2. The molecule has 1 amide bonds. The van der Waals surface area contributed by atoms with E-state index >= 15 is 0 Å². The van der Waals surface area contributed by atoms with Crippen molar-refractivity contribution < 1.29 is 14.6 Å². The fraction of sp³-hybridized carbons (Fsp3) is 0.562. The standard InChI is InChI=1S/C16H22N2O3/c1-2-21-15-13(4-3-5-14(15)17)16(20)18-10-6-7-11(18)9-12(19)8-10/h3-5,10-12,19H,2,6-9,17H2,1H3. The van der Waals surface area contributed by atoms with E-state index in [4.69, 9.17) is 10.5 Å². The summed E-state index contributed by atoms with van der Waals surface area (Å²) >= 11 is 0. The molecule has 114 valence electrons. The Balaban J connectivity index is 1.91. The molecule has 0 radical (unpaired) electrons. The van der Waals surface area contributed by atoms with E-state index in [0.29, 0.717) is 36.4 Å². The molecule has 3 N–H and O–H groups in total. The predicted octanol–water partition coefficient (Wildman–Crippen LogP) is 1.80. The molecule has 0 saturated carbocycles. The molecule has 0 aromatic heterocycles. The summed E-state index contributed by atoms with van der Waals surface area (Å²) in [5, 5.41) is 9.86. The van der Waals surface area contributed by atoms with Crippen LogP contribution >= 0.6 is 0 Å². The van der Waals surface area contributed by atoms with E-state index in [1.165, 1.54) is 0 Å². The van der Waals surface area contributed by atoms with Crippen LogP contribution in [0.4, 0.5) is 5.69 Å². The summed E-state index contributed by atoms with van der Waals surface area (Å²) in [6.45, 7) is 2.35. The number of hydrogen-bond acceptors (Lipinski definition) is 4. The quantitative estimate of drug-likeness (QED) is 0.832. The van der Waals surface area contributed by atoms with Crippen LogP contribution in [0.15, 0.2) is 18.2 Å². The van der Waals surface area contributed by atoms with Gasteiger partial charge in [0.15, 0.2) is 5.75 Å². The molecule has 3 rings (SSSR count). The van der Waals surface area contributed by atoms with Gasteiger partial charge >= 0.3 is 0 Å². The van der Waals surface area contributed by atoms with Crippen LogP contribution in [0.25, 0.3) is 0 Å². The van der Waals surface area contributed by atoms with Crippen LogP contribution in [0.1, 0.15) is 43.0 Å². The number of benzene rings is 1. The first kappa shape index (κ1) is 14.2. The van der Waals surface area contributed by atoms with Gasteiger partial charge in [0.05, 0.1) is 24.0 Å². The second-order valence-corrected chi connectivity index (χ2v) is 5.88. The lowest BCUT2D eigenvalue weighted by Gasteiger charge is -2.37. The second kappa shape index (κ2) is 5.56. The molecule has 2 unspecified atom stereocenters. The summed E-state index contributed by atoms with van der Waals surface area (Å²) < 4.78 is 5.57. The number of aliphatic hydroxyl groups is 1. The molecule has 0 aliphatic carbocycles. The Morgan fingerprint density at radius 2 is 2.05 bits per heavy atom. The number of nitrogens with two attached hydrogens (primary N) is 1. The zero-order chi connectivity index (χ0) is 15.0. The molecule has 5 heteroatoms. The highest BCUT2D eigenvalue weighted by atomic mass is 16.5. The zero-order valence-electron chi connectivity index (χ0n) is 12.3. The number of ether oxygens (including phenoxy) is 1. The van der Waals surface area contributed by atoms with Crippen molar-refractivity contribution in [1.82, 2.24) is 4.90 Å². The smallest absolute Gasteiger partial charge is 0.258 e. The van der Waals surface area contributed by atoms with Crippen molar-refractivity contribution in [1.29, 1.82) is 0 Å². The van der Waals surface area contributed by atoms with Crippen LogP contribution in [-0.2, 0) is 0 Å². The molecule has 2 bridgehead atoms. The van der Waals surface area contributed by atoms with Crippen LogP contribution in [-0.4, -0.2) is 40.7 Å². The number of aliphatic hydroxyl groups excluding tert-OH is 1. The van der Waals surface area contributed by atoms with Crippen LogP contribution in [0.2, 0.25) is 0 Å². The third kappa shape index (κ3) is 2.46. The maximum absolute atomic E-state index is 12.9. The number of para-hydroxylation sites is 1. The Bertz CT molecular complexity index is 532. The first-order valence-electron chi connectivity index (χ1n) is 7.63. The highest BCUT2D eigenvalue weighted by Crippen LogP contribution is 2.38. The largest absolute Gasteiger partial charge is 0.491 e. The summed E-state index contributed by atoms with van der Waals surface area (Å²) in [7, 11) is 0. The van der Waals surface area contributed by atoms with Crippen molar-refractivity contribution in [2.24, 2.45) is 0 Å². The fourth-order valence-electron chi connectivity index (χ4n) is 3.65. The van der Waals surface area contributed by atoms with Gasteiger partial charge in [-0.3, -0.25) is 4.79 Å². The molecule has 0 spiro atoms. The SMILES string of the molecule is CCOc1c(N)cccc1C(=O)N1C2CCC1CC(O)C2. The van der Waals surface area contributed by atoms with Crippen molar-refractivity contribution >= 4 is 11.6 Å². The molecule has 2 saturated heterocycles. The van der Waals surface area contributed by atoms with Crippen molar-refractivity contribution in [3.05, 3.63) is 23.8 Å². The van der Waals surface area contributed by atoms with E-state index in [2.05, 4.69) is 0 Å². The van der Waals surface area contributed by atoms with Crippen LogP contribution < -0.4 is 10.5 Å². The summed E-state index contributed by atoms with van der Waals surface area (Å²) in [5.41, 5.74) is 6.97. The molecule has 2 aliphatic heterocycles. The lowest BCUT2D eigenvalue weighted by molar-refractivity contribution is 0.0284. The van der Waals surface area contributed by atoms with Gasteiger partial charge in [0.25, 0.3) is 5.91 Å². The van der Waals surface area contributed by atoms with Crippen molar-refractivity contribution in [2.75, 3.05) is 12.3 Å². The molecule has 2 fully saturated rings. The molecule has 2 atom stereocenters. The van der Waals surface area contributed by atoms with Gasteiger partial charge in [-0.25, -0.2) is 0 Å². The Kier molecular flexibility index (Phi) is 3.76. The highest BCUT2D eigenvalue weighted by molar-refractivity contribution is 5.99. The minimum atomic E-state index is -0.279. The lowest BCUT2D eigenvalue weighted by atomic mass is 9.98. The third-order valence-corrected chi connectivity index (χ3v) is 4.51. The summed E-state index contributed by atoms with van der Waals surface area (Å²) in [4.78, 5) is 14.9. The molecular weight excluding hydrogens is 268 g/mol. The number of piperidine rings is 1. The maximum atomic E-state index is 12.9. The number of anilines is 1. The monoisotopic (exact) mass is 290 g/mol. The molecule has 2 aliphatic rings. The molecule has 2 heterocycles. The topological polar surface area (TPSA) is 75.8 Å². The van der Waals surface area contributed by atoms with E-state index in [9.17, 15) is 9.90 Å². The molecule has 21 heavy (non-hydrogen) atoms. The Morgan fingerprint density at radius 3 is 2.67 bits per heavy atom. The predicted molar refractivity (Wildman–Crippen MR) is 80.2 cm³/mol. The number of rotatable bonds is 3. The second-order valence-electron chi connectivity index (χ2n) is 5.88. The van der Waals surface area contributed by atoms with Gasteiger partial charge in [0.2, 0.25) is 0 Å². The zero-order valence-corrected chi connectivity index (χ0v) is 12.3. The van der Waals surface area contributed by atoms with E-state index < -0.39 is 0 Å². The first-order chi connectivity index (χ1) is 10.1. The average Bonchev–Trinajstić information content (AvgIpc) is 2.72. The molecule has 5 nitrogen and oxygen atoms in total. The van der Waals surface area contributed by atoms with Gasteiger partial charge < -0.3 is 20.5 Å². The molecule has 1 aromatic rings. The van der Waals surface area contributed by atoms with Gasteiger partial charge in [-0.1, -0.05) is 6.07 Å². The van der Waals surface area contributed by atoms with E-state index in [0.717, 1.165) is 12.8 Å². The number of nitrogen functional groups attached to an aromatic ring is 1. The first-order valence-corrected chi connectivity index (χ1v) is 7.63. The van der Waals surface area contributed by atoms with E-state index in [-0.39, 0.29) is 24.1 Å². The van der Waals surface area contributed by atoms with Gasteiger partial charge in [0, 0.05) is 12.1 Å². The van der Waals surface area contributed by atoms with Crippen LogP contribution in [0.3, 0.4) is 0 Å². The van der Waals surface area contributed by atoms with Gasteiger partial charge in [-0.05, 0) is 44.7 Å². The van der Waals surface area contributed by atoms with Crippen molar-refractivity contribution in [2.45, 2.75) is 50.8 Å². The Labute approximate surface area is 124 Å². The van der Waals surface area contributed by atoms with Crippen LogP contribution in [0, 0.1) is 0 Å². The summed E-state index contributed by atoms with van der Waals surface area (Å²) in [6.07, 6.45) is 3.02. The highest BCUT2D eigenvalue weighted by Gasteiger charge is 2.43. The van der Waals surface area contributed by atoms with Crippen molar-refractivity contribution in [3.63, 3.8) is 0 Å². The van der Waals surface area contributed by atoms with Gasteiger partial charge in [0.1, 0.15) is 0 Å². The average molecular weight is 290 g/mol. The van der Waals surface area contributed by atoms with Gasteiger partial charge in [-0.15, -0.1) is 0 Å². The summed E-state index contributed by atoms with van der Waals surface area (Å²) in [6, 6.07) is 5.58. The minimum Gasteiger partial charge on any atom is -0.491 e. The number of amides is 1. The molecule has 1 aromatic carbocycles. The third-order valence-electron chi connectivity index (χ3n) is 4.51. The summed E-state index contributed by atoms with van der Waals surface area (Å²) in [5.74, 6) is 0.459. The van der Waals surface area contributed by atoms with Crippen LogP contribution in [0.5, 0.6) is 5.75 Å². The van der Waals surface area contributed by atoms with E-state index in [1.807, 2.05) is 11.8 Å². The number of hydrogen-bond donors (Lipinski definition) is 2. The lowest BCUT2D eigenvalue weighted by Crippen LogP contribution is -2.48. The number of nitrogens with zero attached hydrogens (tertiary/aromatic N) is 1. The minimum absolute atomic E-state index is 0.0230.